The van der Waals surface area contributed by atoms with Crippen LogP contribution in [0.1, 0.15) is 23.7 Å². The number of thioether (sulfide) groups is 2. The van der Waals surface area contributed by atoms with Gasteiger partial charge in [-0.25, -0.2) is 4.79 Å². The summed E-state index contributed by atoms with van der Waals surface area (Å²) < 4.78 is 5.52. The van der Waals surface area contributed by atoms with Crippen LogP contribution < -0.4 is 0 Å². The first kappa shape index (κ1) is 13.8. The fourth-order valence-electron chi connectivity index (χ4n) is 2.02. The maximum Gasteiger partial charge on any atom is 0.337 e. The van der Waals surface area contributed by atoms with Crippen molar-refractivity contribution >= 4 is 29.5 Å². The number of benzene rings is 1. The van der Waals surface area contributed by atoms with Crippen molar-refractivity contribution in [2.75, 3.05) is 12.9 Å². The zero-order valence-electron chi connectivity index (χ0n) is 10.4. The first-order valence-electron chi connectivity index (χ1n) is 5.82. The normalized spacial score (nSPS) is 23.2. The molecule has 18 heavy (non-hydrogen) atoms. The molecule has 1 aromatic rings. The molecular weight excluding hydrogens is 268 g/mol. The van der Waals surface area contributed by atoms with Gasteiger partial charge in [0.15, 0.2) is 0 Å². The molecule has 0 radical (unpaired) electrons. The highest BCUT2D eigenvalue weighted by Gasteiger charge is 2.27. The molecule has 98 valence electrons. The van der Waals surface area contributed by atoms with E-state index in [4.69, 9.17) is 4.74 Å². The molecule has 2 atom stereocenters. The SMILES string of the molecule is CSc1cccc(SC2CCOC2C)c1C(=O)O. The first-order chi connectivity index (χ1) is 8.63. The predicted octanol–water partition coefficient (Wildman–Crippen LogP) is 3.38. The van der Waals surface area contributed by atoms with E-state index >= 15 is 0 Å². The minimum absolute atomic E-state index is 0.189. The molecule has 3 nitrogen and oxygen atoms in total. The van der Waals surface area contributed by atoms with Crippen molar-refractivity contribution in [3.8, 4) is 0 Å². The quantitative estimate of drug-likeness (QED) is 0.859. The van der Waals surface area contributed by atoms with Crippen molar-refractivity contribution in [2.24, 2.45) is 0 Å². The lowest BCUT2D eigenvalue weighted by molar-refractivity contribution is 0.0689. The van der Waals surface area contributed by atoms with E-state index in [2.05, 4.69) is 0 Å². The van der Waals surface area contributed by atoms with Crippen molar-refractivity contribution in [3.05, 3.63) is 23.8 Å². The Morgan fingerprint density at radius 3 is 2.72 bits per heavy atom. The lowest BCUT2D eigenvalue weighted by atomic mass is 10.2. The van der Waals surface area contributed by atoms with Crippen LogP contribution in [-0.4, -0.2) is 35.3 Å². The van der Waals surface area contributed by atoms with Gasteiger partial charge in [0.1, 0.15) is 0 Å². The van der Waals surface area contributed by atoms with Gasteiger partial charge >= 0.3 is 5.97 Å². The van der Waals surface area contributed by atoms with Crippen molar-refractivity contribution in [1.82, 2.24) is 0 Å². The lowest BCUT2D eigenvalue weighted by Crippen LogP contribution is -2.14. The number of hydrogen-bond acceptors (Lipinski definition) is 4. The van der Waals surface area contributed by atoms with Crippen LogP contribution in [0.3, 0.4) is 0 Å². The molecule has 2 rings (SSSR count). The molecule has 1 aromatic carbocycles. The fraction of sp³-hybridized carbons (Fsp3) is 0.462. The summed E-state index contributed by atoms with van der Waals surface area (Å²) in [6, 6.07) is 5.66. The number of aromatic carboxylic acids is 1. The van der Waals surface area contributed by atoms with Crippen LogP contribution in [0.25, 0.3) is 0 Å². The second-order valence-electron chi connectivity index (χ2n) is 4.16. The maximum atomic E-state index is 11.4. The zero-order chi connectivity index (χ0) is 13.1. The van der Waals surface area contributed by atoms with Gasteiger partial charge < -0.3 is 9.84 Å². The summed E-state index contributed by atoms with van der Waals surface area (Å²) >= 11 is 3.10. The van der Waals surface area contributed by atoms with E-state index in [1.54, 1.807) is 11.8 Å². The Morgan fingerprint density at radius 1 is 1.44 bits per heavy atom. The summed E-state index contributed by atoms with van der Waals surface area (Å²) in [7, 11) is 0. The van der Waals surface area contributed by atoms with Crippen molar-refractivity contribution < 1.29 is 14.6 Å². The molecule has 0 bridgehead atoms. The highest BCUT2D eigenvalue weighted by molar-refractivity contribution is 8.00. The van der Waals surface area contributed by atoms with Gasteiger partial charge in [0.2, 0.25) is 0 Å². The molecule has 0 amide bonds. The van der Waals surface area contributed by atoms with Gasteiger partial charge in [0, 0.05) is 21.6 Å². The highest BCUT2D eigenvalue weighted by atomic mass is 32.2. The zero-order valence-corrected chi connectivity index (χ0v) is 12.0. The number of hydrogen-bond donors (Lipinski definition) is 1. The van der Waals surface area contributed by atoms with Gasteiger partial charge in [-0.15, -0.1) is 23.5 Å². The van der Waals surface area contributed by atoms with E-state index in [0.717, 1.165) is 22.8 Å². The molecule has 0 spiro atoms. The topological polar surface area (TPSA) is 46.5 Å². The van der Waals surface area contributed by atoms with E-state index in [0.29, 0.717) is 10.8 Å². The van der Waals surface area contributed by atoms with Crippen molar-refractivity contribution in [3.63, 3.8) is 0 Å². The minimum atomic E-state index is -0.853. The Balaban J connectivity index is 2.29. The number of carbonyl (C=O) groups is 1. The minimum Gasteiger partial charge on any atom is -0.478 e. The summed E-state index contributed by atoms with van der Waals surface area (Å²) in [6.07, 6.45) is 3.07. The molecule has 0 aliphatic carbocycles. The van der Waals surface area contributed by atoms with Crippen LogP contribution in [0.5, 0.6) is 0 Å². The number of carboxylic acid groups (broad SMARTS) is 1. The van der Waals surface area contributed by atoms with Crippen LogP contribution in [0, 0.1) is 0 Å². The van der Waals surface area contributed by atoms with Gasteiger partial charge in [-0.2, -0.15) is 0 Å². The molecule has 1 fully saturated rings. The van der Waals surface area contributed by atoms with E-state index in [1.807, 2.05) is 31.4 Å². The Kier molecular flexibility index (Phi) is 4.59. The summed E-state index contributed by atoms with van der Waals surface area (Å²) in [6.45, 7) is 2.81. The molecule has 5 heteroatoms. The van der Waals surface area contributed by atoms with Crippen LogP contribution in [0.4, 0.5) is 0 Å². The number of carboxylic acids is 1. The standard InChI is InChI=1S/C13H16O3S2/c1-8-9(6-7-16-8)18-11-5-3-4-10(17-2)12(11)13(14)15/h3-5,8-9H,6-7H2,1-2H3,(H,14,15). The Bertz CT molecular complexity index is 448. The average Bonchev–Trinajstić information content (AvgIpc) is 2.74. The fourth-order valence-corrected chi connectivity index (χ4v) is 3.98. The molecule has 0 saturated carbocycles. The van der Waals surface area contributed by atoms with E-state index in [9.17, 15) is 9.90 Å². The van der Waals surface area contributed by atoms with Gasteiger partial charge in [-0.3, -0.25) is 0 Å². The largest absolute Gasteiger partial charge is 0.478 e. The molecule has 1 N–H and O–H groups in total. The van der Waals surface area contributed by atoms with Crippen molar-refractivity contribution in [1.29, 1.82) is 0 Å². The van der Waals surface area contributed by atoms with Crippen LogP contribution >= 0.6 is 23.5 Å². The summed E-state index contributed by atoms with van der Waals surface area (Å²) in [5.41, 5.74) is 0.425. The van der Waals surface area contributed by atoms with Crippen molar-refractivity contribution in [2.45, 2.75) is 34.5 Å². The Hall–Kier alpha value is -0.650. The number of ether oxygens (including phenoxy) is 1. The Labute approximate surface area is 115 Å². The van der Waals surface area contributed by atoms with Crippen LogP contribution in [-0.2, 0) is 4.74 Å². The van der Waals surface area contributed by atoms with E-state index < -0.39 is 5.97 Å². The van der Waals surface area contributed by atoms with Gasteiger partial charge in [0.25, 0.3) is 0 Å². The molecule has 2 unspecified atom stereocenters. The molecule has 1 heterocycles. The second-order valence-corrected chi connectivity index (χ2v) is 6.29. The molecule has 1 saturated heterocycles. The first-order valence-corrected chi connectivity index (χ1v) is 7.92. The van der Waals surface area contributed by atoms with Crippen LogP contribution in [0.2, 0.25) is 0 Å². The average molecular weight is 284 g/mol. The van der Waals surface area contributed by atoms with Gasteiger partial charge in [-0.05, 0) is 31.7 Å². The molecule has 0 aromatic heterocycles. The predicted molar refractivity (Wildman–Crippen MR) is 74.9 cm³/mol. The molecule has 1 aliphatic heterocycles. The Morgan fingerprint density at radius 2 is 2.17 bits per heavy atom. The second kappa shape index (κ2) is 5.99. The third-order valence-electron chi connectivity index (χ3n) is 3.01. The highest BCUT2D eigenvalue weighted by Crippen LogP contribution is 2.37. The molecule has 1 aliphatic rings. The third-order valence-corrected chi connectivity index (χ3v) is 5.30. The van der Waals surface area contributed by atoms with Crippen LogP contribution in [0.15, 0.2) is 28.0 Å². The number of rotatable bonds is 4. The monoisotopic (exact) mass is 284 g/mol. The molecular formula is C13H16O3S2. The maximum absolute atomic E-state index is 11.4. The summed E-state index contributed by atoms with van der Waals surface area (Å²) in [5.74, 6) is -0.853. The van der Waals surface area contributed by atoms with E-state index in [-0.39, 0.29) is 6.10 Å². The van der Waals surface area contributed by atoms with Gasteiger partial charge in [-0.1, -0.05) is 6.07 Å². The van der Waals surface area contributed by atoms with E-state index in [1.165, 1.54) is 11.8 Å². The third kappa shape index (κ3) is 2.84. The summed E-state index contributed by atoms with van der Waals surface area (Å²) in [4.78, 5) is 13.1. The summed E-state index contributed by atoms with van der Waals surface area (Å²) in [5, 5.41) is 9.71. The van der Waals surface area contributed by atoms with Gasteiger partial charge in [0.05, 0.1) is 11.7 Å². The smallest absolute Gasteiger partial charge is 0.337 e. The lowest BCUT2D eigenvalue weighted by Gasteiger charge is -2.16.